The Labute approximate surface area is 121 Å². The third-order valence-corrected chi connectivity index (χ3v) is 2.60. The molecule has 0 fully saturated rings. The molecule has 0 unspecified atom stereocenters. The number of para-hydroxylation sites is 1. The van der Waals surface area contributed by atoms with Crippen molar-refractivity contribution in [3.05, 3.63) is 59.9 Å². The Morgan fingerprint density at radius 2 is 1.85 bits per heavy atom. The number of nitrogens with one attached hydrogen (secondary N) is 2. The van der Waals surface area contributed by atoms with Crippen molar-refractivity contribution in [1.29, 1.82) is 0 Å². The van der Waals surface area contributed by atoms with Gasteiger partial charge in [0.15, 0.2) is 5.11 Å². The summed E-state index contributed by atoms with van der Waals surface area (Å²) < 4.78 is 12.7. The summed E-state index contributed by atoms with van der Waals surface area (Å²) in [6.07, 6.45) is 1.45. The monoisotopic (exact) mass is 289 g/mol. The summed E-state index contributed by atoms with van der Waals surface area (Å²) in [4.78, 5) is 0. The van der Waals surface area contributed by atoms with Crippen LogP contribution in [0.4, 0.5) is 10.1 Å². The first-order valence-electron chi connectivity index (χ1n) is 5.79. The number of phenolic OH excluding ortho intramolecular Hbond substituents is 1. The zero-order valence-corrected chi connectivity index (χ0v) is 11.2. The van der Waals surface area contributed by atoms with Gasteiger partial charge in [-0.3, -0.25) is 5.43 Å². The maximum atomic E-state index is 12.7. The van der Waals surface area contributed by atoms with Gasteiger partial charge < -0.3 is 10.4 Å². The second kappa shape index (κ2) is 6.63. The van der Waals surface area contributed by atoms with Crippen LogP contribution in [-0.2, 0) is 0 Å². The van der Waals surface area contributed by atoms with Crippen LogP contribution in [0, 0.1) is 5.82 Å². The summed E-state index contributed by atoms with van der Waals surface area (Å²) in [7, 11) is 0. The third kappa shape index (κ3) is 4.03. The molecule has 2 aromatic rings. The summed E-state index contributed by atoms with van der Waals surface area (Å²) in [5.74, 6) is -0.178. The van der Waals surface area contributed by atoms with Crippen molar-refractivity contribution in [1.82, 2.24) is 5.43 Å². The lowest BCUT2D eigenvalue weighted by molar-refractivity contribution is 0.474. The maximum Gasteiger partial charge on any atom is 0.191 e. The van der Waals surface area contributed by atoms with Crippen molar-refractivity contribution in [2.24, 2.45) is 5.10 Å². The van der Waals surface area contributed by atoms with E-state index >= 15 is 0 Å². The molecule has 2 rings (SSSR count). The van der Waals surface area contributed by atoms with Gasteiger partial charge >= 0.3 is 0 Å². The van der Waals surface area contributed by atoms with Crippen LogP contribution in [-0.4, -0.2) is 16.4 Å². The number of thiocarbonyl (C=S) groups is 1. The summed E-state index contributed by atoms with van der Waals surface area (Å²) >= 11 is 5.02. The molecule has 0 aromatic heterocycles. The lowest BCUT2D eigenvalue weighted by Crippen LogP contribution is -2.23. The Morgan fingerprint density at radius 3 is 2.55 bits per heavy atom. The van der Waals surface area contributed by atoms with Gasteiger partial charge in [0.25, 0.3) is 0 Å². The van der Waals surface area contributed by atoms with Crippen molar-refractivity contribution >= 4 is 29.2 Å². The SMILES string of the molecule is Oc1ccccc1C=NNC(=S)Nc1ccc(F)cc1. The molecule has 0 radical (unpaired) electrons. The van der Waals surface area contributed by atoms with Gasteiger partial charge in [0.2, 0.25) is 0 Å². The van der Waals surface area contributed by atoms with Crippen LogP contribution in [0.25, 0.3) is 0 Å². The van der Waals surface area contributed by atoms with Crippen molar-refractivity contribution < 1.29 is 9.50 Å². The van der Waals surface area contributed by atoms with Crippen molar-refractivity contribution in [2.75, 3.05) is 5.32 Å². The predicted molar refractivity (Wildman–Crippen MR) is 81.5 cm³/mol. The number of phenols is 1. The Hall–Kier alpha value is -2.47. The number of halogens is 1. The molecule has 6 heteroatoms. The van der Waals surface area contributed by atoms with Crippen LogP contribution in [0.2, 0.25) is 0 Å². The van der Waals surface area contributed by atoms with Gasteiger partial charge in [-0.05, 0) is 48.6 Å². The molecule has 2 aromatic carbocycles. The molecule has 0 aliphatic rings. The number of hydrazone groups is 1. The third-order valence-electron chi connectivity index (χ3n) is 2.41. The van der Waals surface area contributed by atoms with Crippen molar-refractivity contribution in [2.45, 2.75) is 0 Å². The average Bonchev–Trinajstić information content (AvgIpc) is 2.43. The molecule has 0 aliphatic carbocycles. The summed E-state index contributed by atoms with van der Waals surface area (Å²) in [5, 5.41) is 16.6. The van der Waals surface area contributed by atoms with Gasteiger partial charge in [0.05, 0.1) is 6.21 Å². The predicted octanol–water partition coefficient (Wildman–Crippen LogP) is 2.85. The highest BCUT2D eigenvalue weighted by molar-refractivity contribution is 7.80. The van der Waals surface area contributed by atoms with Crippen LogP contribution < -0.4 is 10.7 Å². The topological polar surface area (TPSA) is 56.7 Å². The van der Waals surface area contributed by atoms with E-state index in [9.17, 15) is 9.50 Å². The average molecular weight is 289 g/mol. The standard InChI is InChI=1S/C14H12FN3OS/c15-11-5-7-12(8-6-11)17-14(20)18-16-9-10-3-1-2-4-13(10)19/h1-9,19H,(H2,17,18,20). The highest BCUT2D eigenvalue weighted by Gasteiger charge is 1.97. The van der Waals surface area contributed by atoms with Crippen molar-refractivity contribution in [3.8, 4) is 5.75 Å². The second-order valence-corrected chi connectivity index (χ2v) is 4.30. The molecule has 0 saturated carbocycles. The van der Waals surface area contributed by atoms with Crippen LogP contribution in [0.5, 0.6) is 5.75 Å². The van der Waals surface area contributed by atoms with E-state index in [0.717, 1.165) is 0 Å². The van der Waals surface area contributed by atoms with Gasteiger partial charge in [0.1, 0.15) is 11.6 Å². The fourth-order valence-corrected chi connectivity index (χ4v) is 1.62. The van der Waals surface area contributed by atoms with E-state index in [1.807, 2.05) is 0 Å². The first kappa shape index (κ1) is 14.0. The van der Waals surface area contributed by atoms with E-state index in [0.29, 0.717) is 11.3 Å². The molecule has 0 spiro atoms. The normalized spacial score (nSPS) is 10.4. The number of aromatic hydroxyl groups is 1. The molecular formula is C14H12FN3OS. The van der Waals surface area contributed by atoms with Crippen molar-refractivity contribution in [3.63, 3.8) is 0 Å². The largest absolute Gasteiger partial charge is 0.507 e. The fourth-order valence-electron chi connectivity index (χ4n) is 1.45. The van der Waals surface area contributed by atoms with Gasteiger partial charge in [-0.25, -0.2) is 4.39 Å². The van der Waals surface area contributed by atoms with E-state index in [-0.39, 0.29) is 16.7 Å². The molecule has 102 valence electrons. The van der Waals surface area contributed by atoms with E-state index in [2.05, 4.69) is 15.8 Å². The maximum absolute atomic E-state index is 12.7. The van der Waals surface area contributed by atoms with Gasteiger partial charge in [-0.2, -0.15) is 5.10 Å². The van der Waals surface area contributed by atoms with Crippen LogP contribution in [0.1, 0.15) is 5.56 Å². The van der Waals surface area contributed by atoms with E-state index in [4.69, 9.17) is 12.2 Å². The molecule has 3 N–H and O–H groups in total. The minimum absolute atomic E-state index is 0.135. The van der Waals surface area contributed by atoms with Gasteiger partial charge in [0, 0.05) is 11.3 Å². The summed E-state index contributed by atoms with van der Waals surface area (Å²) in [6.45, 7) is 0. The molecule has 0 heterocycles. The van der Waals surface area contributed by atoms with Crippen LogP contribution >= 0.6 is 12.2 Å². The zero-order chi connectivity index (χ0) is 14.4. The minimum atomic E-state index is -0.313. The summed E-state index contributed by atoms with van der Waals surface area (Å²) in [6, 6.07) is 12.6. The van der Waals surface area contributed by atoms with Gasteiger partial charge in [-0.1, -0.05) is 12.1 Å². The first-order valence-corrected chi connectivity index (χ1v) is 6.19. The van der Waals surface area contributed by atoms with Crippen LogP contribution in [0.15, 0.2) is 53.6 Å². The molecule has 0 amide bonds. The van der Waals surface area contributed by atoms with E-state index in [1.165, 1.54) is 18.3 Å². The Kier molecular flexibility index (Phi) is 4.62. The van der Waals surface area contributed by atoms with Gasteiger partial charge in [-0.15, -0.1) is 0 Å². The number of hydrogen-bond acceptors (Lipinski definition) is 3. The summed E-state index contributed by atoms with van der Waals surface area (Å²) in [5.41, 5.74) is 3.83. The Morgan fingerprint density at radius 1 is 1.15 bits per heavy atom. The second-order valence-electron chi connectivity index (χ2n) is 3.89. The van der Waals surface area contributed by atoms with Crippen LogP contribution in [0.3, 0.4) is 0 Å². The molecule has 4 nitrogen and oxygen atoms in total. The number of rotatable bonds is 3. The molecule has 0 saturated heterocycles. The quantitative estimate of drug-likeness (QED) is 0.462. The molecule has 20 heavy (non-hydrogen) atoms. The molecular weight excluding hydrogens is 277 g/mol. The van der Waals surface area contributed by atoms with E-state index in [1.54, 1.807) is 36.4 Å². The zero-order valence-electron chi connectivity index (χ0n) is 10.4. The number of hydrogen-bond donors (Lipinski definition) is 3. The smallest absolute Gasteiger partial charge is 0.191 e. The lowest BCUT2D eigenvalue weighted by Gasteiger charge is -2.06. The fraction of sp³-hybridized carbons (Fsp3) is 0. The first-order chi connectivity index (χ1) is 9.65. The number of anilines is 1. The Bertz CT molecular complexity index is 629. The lowest BCUT2D eigenvalue weighted by atomic mass is 10.2. The highest BCUT2D eigenvalue weighted by Crippen LogP contribution is 2.12. The molecule has 0 aliphatic heterocycles. The number of benzene rings is 2. The minimum Gasteiger partial charge on any atom is -0.507 e. The molecule has 0 atom stereocenters. The number of nitrogens with zero attached hydrogens (tertiary/aromatic N) is 1. The highest BCUT2D eigenvalue weighted by atomic mass is 32.1. The molecule has 0 bridgehead atoms. The van der Waals surface area contributed by atoms with E-state index < -0.39 is 0 Å². The Balaban J connectivity index is 1.89.